The third-order valence-corrected chi connectivity index (χ3v) is 6.14. The number of hydrogen-bond donors (Lipinski definition) is 1. The molecule has 1 amide bonds. The lowest BCUT2D eigenvalue weighted by molar-refractivity contribution is -0.113. The Morgan fingerprint density at radius 1 is 1.03 bits per heavy atom. The lowest BCUT2D eigenvalue weighted by atomic mass is 10.2. The summed E-state index contributed by atoms with van der Waals surface area (Å²) >= 11 is 1.06. The van der Waals surface area contributed by atoms with Crippen LogP contribution in [0.4, 0.5) is 10.1 Å². The quantitative estimate of drug-likeness (QED) is 0.339. The van der Waals surface area contributed by atoms with E-state index in [2.05, 4.69) is 10.3 Å². The van der Waals surface area contributed by atoms with E-state index in [0.717, 1.165) is 18.2 Å². The van der Waals surface area contributed by atoms with E-state index in [0.29, 0.717) is 41.3 Å². The highest BCUT2D eigenvalue weighted by Crippen LogP contribution is 2.32. The predicted molar refractivity (Wildman–Crippen MR) is 129 cm³/mol. The Morgan fingerprint density at radius 2 is 1.79 bits per heavy atom. The minimum Gasteiger partial charge on any atom is -0.490 e. The van der Waals surface area contributed by atoms with Crippen LogP contribution in [0.1, 0.15) is 6.42 Å². The number of benzene rings is 3. The molecule has 0 radical (unpaired) electrons. The van der Waals surface area contributed by atoms with Gasteiger partial charge in [-0.05, 0) is 36.4 Å². The lowest BCUT2D eigenvalue weighted by Crippen LogP contribution is -2.23. The molecule has 7 nitrogen and oxygen atoms in total. The van der Waals surface area contributed by atoms with Crippen molar-refractivity contribution in [1.82, 2.24) is 9.55 Å². The summed E-state index contributed by atoms with van der Waals surface area (Å²) in [7, 11) is 0. The number of nitrogens with zero attached hydrogens (tertiary/aromatic N) is 2. The number of fused-ring (bicyclic) bond motifs is 2. The highest BCUT2D eigenvalue weighted by molar-refractivity contribution is 7.99. The fourth-order valence-electron chi connectivity index (χ4n) is 3.62. The number of hydrogen-bond acceptors (Lipinski definition) is 6. The standard InChI is InChI=1S/C25H20FN3O4S/c26-18-7-2-4-9-20(18)29-24(31)17-6-1-3-8-19(17)28-25(29)34-15-23(30)27-16-10-11-21-22(14-16)33-13-5-12-32-21/h1-4,6-11,14H,5,12-13,15H2,(H,27,30). The van der Waals surface area contributed by atoms with Crippen LogP contribution >= 0.6 is 11.8 Å². The minimum absolute atomic E-state index is 0.0341. The maximum absolute atomic E-state index is 14.6. The van der Waals surface area contributed by atoms with Crippen molar-refractivity contribution in [2.75, 3.05) is 24.3 Å². The van der Waals surface area contributed by atoms with Gasteiger partial charge in [-0.2, -0.15) is 0 Å². The number of anilines is 1. The van der Waals surface area contributed by atoms with E-state index in [9.17, 15) is 14.0 Å². The van der Waals surface area contributed by atoms with Crippen LogP contribution in [0.15, 0.2) is 76.7 Å². The molecule has 3 aromatic carbocycles. The molecule has 0 saturated carbocycles. The largest absolute Gasteiger partial charge is 0.490 e. The Bertz CT molecular complexity index is 1440. The van der Waals surface area contributed by atoms with Crippen molar-refractivity contribution in [1.29, 1.82) is 0 Å². The third-order valence-electron chi connectivity index (χ3n) is 5.20. The van der Waals surface area contributed by atoms with Gasteiger partial charge in [0, 0.05) is 18.2 Å². The first-order valence-corrected chi connectivity index (χ1v) is 11.7. The van der Waals surface area contributed by atoms with E-state index < -0.39 is 11.4 Å². The van der Waals surface area contributed by atoms with E-state index in [4.69, 9.17) is 9.47 Å². The summed E-state index contributed by atoms with van der Waals surface area (Å²) in [6.45, 7) is 1.12. The van der Waals surface area contributed by atoms with Gasteiger partial charge in [0.25, 0.3) is 5.56 Å². The van der Waals surface area contributed by atoms with Gasteiger partial charge < -0.3 is 14.8 Å². The molecule has 1 aliphatic rings. The molecule has 0 atom stereocenters. The van der Waals surface area contributed by atoms with Crippen molar-refractivity contribution in [2.24, 2.45) is 0 Å². The van der Waals surface area contributed by atoms with Crippen molar-refractivity contribution in [3.8, 4) is 17.2 Å². The molecule has 0 aliphatic carbocycles. The molecule has 5 rings (SSSR count). The Kier molecular flexibility index (Phi) is 6.18. The van der Waals surface area contributed by atoms with Crippen molar-refractivity contribution in [2.45, 2.75) is 11.6 Å². The highest BCUT2D eigenvalue weighted by atomic mass is 32.2. The molecule has 0 unspecified atom stereocenters. The number of halogens is 1. The van der Waals surface area contributed by atoms with Gasteiger partial charge >= 0.3 is 0 Å². The molecule has 9 heteroatoms. The Hall–Kier alpha value is -3.85. The van der Waals surface area contributed by atoms with Crippen LogP contribution in [0, 0.1) is 5.82 Å². The molecule has 1 aliphatic heterocycles. The molecule has 2 heterocycles. The average Bonchev–Trinajstić information content (AvgIpc) is 3.09. The molecule has 1 aromatic heterocycles. The molecule has 172 valence electrons. The number of amides is 1. The second kappa shape index (κ2) is 9.56. The van der Waals surface area contributed by atoms with Crippen LogP contribution in [0.25, 0.3) is 16.6 Å². The van der Waals surface area contributed by atoms with Crippen LogP contribution in [0.2, 0.25) is 0 Å². The SMILES string of the molecule is O=C(CSc1nc2ccccc2c(=O)n1-c1ccccc1F)Nc1ccc2c(c1)OCCCO2. The summed E-state index contributed by atoms with van der Waals surface area (Å²) in [4.78, 5) is 30.5. The number of thioether (sulfide) groups is 1. The van der Waals surface area contributed by atoms with Crippen LogP contribution in [0.5, 0.6) is 11.5 Å². The summed E-state index contributed by atoms with van der Waals surface area (Å²) in [5.41, 5.74) is 0.719. The zero-order valence-corrected chi connectivity index (χ0v) is 18.8. The van der Waals surface area contributed by atoms with E-state index in [-0.39, 0.29) is 22.5 Å². The summed E-state index contributed by atoms with van der Waals surface area (Å²) in [5.74, 6) is 0.321. The van der Waals surface area contributed by atoms with E-state index in [1.165, 1.54) is 16.7 Å². The summed E-state index contributed by atoms with van der Waals surface area (Å²) in [6.07, 6.45) is 0.787. The maximum Gasteiger partial charge on any atom is 0.266 e. The zero-order valence-electron chi connectivity index (χ0n) is 18.0. The Labute approximate surface area is 198 Å². The van der Waals surface area contributed by atoms with E-state index >= 15 is 0 Å². The molecular weight excluding hydrogens is 457 g/mol. The number of ether oxygens (including phenoxy) is 2. The molecule has 0 fully saturated rings. The topological polar surface area (TPSA) is 82.5 Å². The fraction of sp³-hybridized carbons (Fsp3) is 0.160. The van der Waals surface area contributed by atoms with Crippen molar-refractivity contribution >= 4 is 34.3 Å². The minimum atomic E-state index is -0.555. The normalized spacial score (nSPS) is 12.9. The van der Waals surface area contributed by atoms with Crippen molar-refractivity contribution in [3.63, 3.8) is 0 Å². The zero-order chi connectivity index (χ0) is 23.5. The third kappa shape index (κ3) is 4.47. The monoisotopic (exact) mass is 477 g/mol. The molecule has 34 heavy (non-hydrogen) atoms. The first-order chi connectivity index (χ1) is 16.6. The number of carbonyl (C=O) groups is 1. The number of rotatable bonds is 5. The van der Waals surface area contributed by atoms with Gasteiger partial charge in [-0.25, -0.2) is 9.37 Å². The summed E-state index contributed by atoms with van der Waals surface area (Å²) < 4.78 is 27.1. The summed E-state index contributed by atoms with van der Waals surface area (Å²) in [6, 6.07) is 18.0. The number of nitrogens with one attached hydrogen (secondary N) is 1. The number of aromatic nitrogens is 2. The average molecular weight is 478 g/mol. The van der Waals surface area contributed by atoms with Gasteiger partial charge in [0.15, 0.2) is 16.7 Å². The lowest BCUT2D eigenvalue weighted by Gasteiger charge is -2.14. The van der Waals surface area contributed by atoms with E-state index in [1.54, 1.807) is 54.6 Å². The smallest absolute Gasteiger partial charge is 0.266 e. The molecular formula is C25H20FN3O4S. The summed E-state index contributed by atoms with van der Waals surface area (Å²) in [5, 5.41) is 3.41. The van der Waals surface area contributed by atoms with Gasteiger partial charge in [-0.3, -0.25) is 14.2 Å². The Morgan fingerprint density at radius 3 is 2.65 bits per heavy atom. The van der Waals surface area contributed by atoms with Gasteiger partial charge in [0.05, 0.1) is 35.6 Å². The Balaban J connectivity index is 1.41. The van der Waals surface area contributed by atoms with Gasteiger partial charge in [-0.1, -0.05) is 36.0 Å². The first kappa shape index (κ1) is 22.0. The second-order valence-corrected chi connectivity index (χ2v) is 8.49. The fourth-order valence-corrected chi connectivity index (χ4v) is 4.43. The second-order valence-electron chi connectivity index (χ2n) is 7.55. The van der Waals surface area contributed by atoms with E-state index in [1.807, 2.05) is 0 Å². The molecule has 0 saturated heterocycles. The molecule has 0 bridgehead atoms. The number of para-hydroxylation sites is 2. The molecule has 0 spiro atoms. The van der Waals surface area contributed by atoms with Gasteiger partial charge in [0.2, 0.25) is 5.91 Å². The number of carbonyl (C=O) groups excluding carboxylic acids is 1. The van der Waals surface area contributed by atoms with Crippen molar-refractivity contribution in [3.05, 3.63) is 82.9 Å². The van der Waals surface area contributed by atoms with Gasteiger partial charge in [0.1, 0.15) is 5.82 Å². The van der Waals surface area contributed by atoms with Crippen molar-refractivity contribution < 1.29 is 18.7 Å². The van der Waals surface area contributed by atoms with Gasteiger partial charge in [-0.15, -0.1) is 0 Å². The van der Waals surface area contributed by atoms with Crippen LogP contribution in [-0.2, 0) is 4.79 Å². The first-order valence-electron chi connectivity index (χ1n) is 10.7. The molecule has 1 N–H and O–H groups in total. The highest BCUT2D eigenvalue weighted by Gasteiger charge is 2.18. The van der Waals surface area contributed by atoms with Crippen LogP contribution in [0.3, 0.4) is 0 Å². The van der Waals surface area contributed by atoms with Crippen LogP contribution in [-0.4, -0.2) is 34.4 Å². The van der Waals surface area contributed by atoms with Crippen LogP contribution < -0.4 is 20.3 Å². The maximum atomic E-state index is 14.6. The molecule has 4 aromatic rings. The predicted octanol–water partition coefficient (Wildman–Crippen LogP) is 4.42.